The Labute approximate surface area is 314 Å². The molecule has 3 N–H and O–H groups in total. The van der Waals surface area contributed by atoms with Gasteiger partial charge in [0.05, 0.1) is 23.7 Å². The van der Waals surface area contributed by atoms with Gasteiger partial charge in [-0.3, -0.25) is 5.43 Å². The van der Waals surface area contributed by atoms with Crippen molar-refractivity contribution >= 4 is 36.3 Å². The predicted molar refractivity (Wildman–Crippen MR) is 199 cm³/mol. The summed E-state index contributed by atoms with van der Waals surface area (Å²) in [7, 11) is 0. The third-order valence-corrected chi connectivity index (χ3v) is 8.92. The summed E-state index contributed by atoms with van der Waals surface area (Å²) in [5, 5.41) is 25.1. The van der Waals surface area contributed by atoms with Crippen molar-refractivity contribution in [3.05, 3.63) is 81.5 Å². The number of carbonyl (C=O) groups excluding carboxylic acids is 2. The molecule has 1 fully saturated rings. The molecule has 0 saturated carbocycles. The molecule has 16 nitrogen and oxygen atoms in total. The number of imidazole rings is 1. The van der Waals surface area contributed by atoms with Gasteiger partial charge < -0.3 is 34.7 Å². The van der Waals surface area contributed by atoms with E-state index in [0.29, 0.717) is 23.1 Å². The summed E-state index contributed by atoms with van der Waals surface area (Å²) in [6, 6.07) is 15.5. The molecular formula is C36H48ClN9O7. The van der Waals surface area contributed by atoms with Crippen LogP contribution in [0.25, 0.3) is 11.1 Å². The Balaban J connectivity index is 1.35. The SMILES string of the molecule is C=NN/C(=N\N)c1ccccc1-c1ccc(Cn2c(CCCC)nc(Cl)c2C(=O)OC(C)OC(=O)OCCCO/N=[N+](\[O-])N2[C@H](C)CCC[C@@H]2C)cc1. The van der Waals surface area contributed by atoms with Gasteiger partial charge in [-0.05, 0) is 56.2 Å². The second-order valence-electron chi connectivity index (χ2n) is 12.6. The fourth-order valence-electron chi connectivity index (χ4n) is 6.06. The third-order valence-electron chi connectivity index (χ3n) is 8.66. The number of hydrogen-bond acceptors (Lipinski definition) is 12. The molecule has 0 aliphatic carbocycles. The number of carbonyl (C=O) groups is 2. The Morgan fingerprint density at radius 2 is 1.83 bits per heavy atom. The largest absolute Gasteiger partial charge is 0.569 e. The Hall–Kier alpha value is -5.38. The zero-order valence-electron chi connectivity index (χ0n) is 30.6. The number of esters is 1. The summed E-state index contributed by atoms with van der Waals surface area (Å²) < 4.78 is 17.4. The highest BCUT2D eigenvalue weighted by atomic mass is 35.5. The number of nitrogens with zero attached hydrogens (tertiary/aromatic N) is 7. The van der Waals surface area contributed by atoms with E-state index in [9.17, 15) is 14.8 Å². The summed E-state index contributed by atoms with van der Waals surface area (Å²) in [5.41, 5.74) is 6.14. The molecule has 3 atom stereocenters. The number of aromatic nitrogens is 2. The lowest BCUT2D eigenvalue weighted by Gasteiger charge is -2.33. The molecule has 0 bridgehead atoms. The number of hydrazone groups is 2. The maximum absolute atomic E-state index is 13.4. The van der Waals surface area contributed by atoms with E-state index in [1.807, 2.05) is 62.4 Å². The number of halogens is 1. The van der Waals surface area contributed by atoms with Crippen LogP contribution in [0.5, 0.6) is 0 Å². The molecule has 1 aliphatic rings. The summed E-state index contributed by atoms with van der Waals surface area (Å²) in [4.78, 5) is 35.8. The number of aryl methyl sites for hydroxylation is 1. The van der Waals surface area contributed by atoms with Crippen molar-refractivity contribution in [3.63, 3.8) is 0 Å². The summed E-state index contributed by atoms with van der Waals surface area (Å²) >= 11 is 6.51. The van der Waals surface area contributed by atoms with E-state index >= 15 is 0 Å². The smallest absolute Gasteiger partial charge is 0.511 e. The quantitative estimate of drug-likeness (QED) is 0.0175. The monoisotopic (exact) mass is 753 g/mol. The number of ether oxygens (including phenoxy) is 3. The van der Waals surface area contributed by atoms with E-state index in [0.717, 1.165) is 54.4 Å². The standard InChI is InChI=1S/C36H48ClN9O7/c1-6-7-16-31-40-33(37)32(44(31)23-27-17-19-28(20-18-27)29-14-8-9-15-30(29)34(41-38)42-39-5)35(47)52-26(4)53-36(48)50-21-11-22-51-43-46(49)45-24(2)12-10-13-25(45)3/h8-9,14-15,17-20,24-26H,5-7,10-13,16,21-23,38H2,1-4H3,(H,41,42)/b46-43-/t24-,25+,26?. The number of unbranched alkanes of at least 4 members (excludes halogenated alkanes) is 1. The molecule has 4 rings (SSSR count). The lowest BCUT2D eigenvalue weighted by atomic mass is 9.98. The molecule has 0 radical (unpaired) electrons. The molecule has 0 amide bonds. The van der Waals surface area contributed by atoms with Crippen LogP contribution in [0, 0.1) is 5.21 Å². The first-order valence-corrected chi connectivity index (χ1v) is 18.0. The van der Waals surface area contributed by atoms with E-state index in [1.54, 1.807) is 9.58 Å². The molecule has 286 valence electrons. The second-order valence-corrected chi connectivity index (χ2v) is 12.9. The van der Waals surface area contributed by atoms with Crippen molar-refractivity contribution in [1.29, 1.82) is 0 Å². The minimum atomic E-state index is -1.30. The fourth-order valence-corrected chi connectivity index (χ4v) is 6.34. The molecule has 17 heteroatoms. The van der Waals surface area contributed by atoms with Gasteiger partial charge in [0.1, 0.15) is 12.4 Å². The predicted octanol–water partition coefficient (Wildman–Crippen LogP) is 6.54. The van der Waals surface area contributed by atoms with Gasteiger partial charge in [0, 0.05) is 38.6 Å². The third kappa shape index (κ3) is 11.1. The molecule has 0 spiro atoms. The Morgan fingerprint density at radius 3 is 2.51 bits per heavy atom. The molecule has 1 aromatic heterocycles. The lowest BCUT2D eigenvalue weighted by Crippen LogP contribution is -2.47. The van der Waals surface area contributed by atoms with Crippen molar-refractivity contribution in [1.82, 2.24) is 20.0 Å². The van der Waals surface area contributed by atoms with Gasteiger partial charge in [-0.1, -0.05) is 73.5 Å². The zero-order valence-corrected chi connectivity index (χ0v) is 31.3. The number of nitrogens with one attached hydrogen (secondary N) is 1. The molecule has 2 aromatic carbocycles. The Bertz CT molecular complexity index is 1740. The number of hydrazine groups is 1. The zero-order chi connectivity index (χ0) is 38.3. The van der Waals surface area contributed by atoms with E-state index < -0.39 is 18.4 Å². The average Bonchev–Trinajstić information content (AvgIpc) is 3.45. The normalized spacial score (nSPS) is 16.8. The molecule has 53 heavy (non-hydrogen) atoms. The van der Waals surface area contributed by atoms with Crippen LogP contribution in [0.4, 0.5) is 4.79 Å². The van der Waals surface area contributed by atoms with Gasteiger partial charge >= 0.3 is 12.1 Å². The summed E-state index contributed by atoms with van der Waals surface area (Å²) in [6.07, 6.45) is 3.10. The van der Waals surface area contributed by atoms with E-state index in [1.165, 1.54) is 6.92 Å². The minimum absolute atomic E-state index is 0.0235. The van der Waals surface area contributed by atoms with Crippen molar-refractivity contribution in [3.8, 4) is 11.1 Å². The van der Waals surface area contributed by atoms with Crippen LogP contribution < -0.4 is 11.3 Å². The summed E-state index contributed by atoms with van der Waals surface area (Å²) in [6.45, 7) is 11.1. The van der Waals surface area contributed by atoms with E-state index in [2.05, 4.69) is 39.5 Å². The highest BCUT2D eigenvalue weighted by Gasteiger charge is 2.31. The minimum Gasteiger partial charge on any atom is -0.569 e. The second kappa shape index (κ2) is 20.0. The molecular weight excluding hydrogens is 706 g/mol. The van der Waals surface area contributed by atoms with Gasteiger partial charge in [-0.25, -0.2) is 14.6 Å². The first kappa shape index (κ1) is 40.4. The van der Waals surface area contributed by atoms with Crippen LogP contribution in [-0.4, -0.2) is 75.8 Å². The van der Waals surface area contributed by atoms with Crippen LogP contribution in [0.3, 0.4) is 0 Å². The van der Waals surface area contributed by atoms with E-state index in [4.69, 9.17) is 36.5 Å². The number of rotatable bonds is 17. The maximum atomic E-state index is 13.4. The number of amidine groups is 1. The van der Waals surface area contributed by atoms with Crippen molar-refractivity contribution < 1.29 is 33.6 Å². The number of piperidine rings is 1. The molecule has 1 unspecified atom stereocenters. The summed E-state index contributed by atoms with van der Waals surface area (Å²) in [5.74, 6) is 5.76. The van der Waals surface area contributed by atoms with Gasteiger partial charge in [0.25, 0.3) is 0 Å². The molecule has 2 heterocycles. The number of nitrogens with two attached hydrogens (primary N) is 1. The van der Waals surface area contributed by atoms with E-state index in [-0.39, 0.29) is 49.1 Å². The molecule has 1 saturated heterocycles. The van der Waals surface area contributed by atoms with Crippen molar-refractivity contribution in [2.24, 2.45) is 21.3 Å². The fraction of sp³-hybridized carbons (Fsp3) is 0.472. The van der Waals surface area contributed by atoms with Crippen LogP contribution >= 0.6 is 11.6 Å². The van der Waals surface area contributed by atoms with Crippen LogP contribution in [0.2, 0.25) is 5.15 Å². The number of benzene rings is 2. The van der Waals surface area contributed by atoms with Crippen LogP contribution in [0.15, 0.2) is 64.0 Å². The van der Waals surface area contributed by atoms with Crippen LogP contribution in [-0.2, 0) is 32.0 Å². The van der Waals surface area contributed by atoms with Gasteiger partial charge in [0.2, 0.25) is 11.6 Å². The average molecular weight is 754 g/mol. The van der Waals surface area contributed by atoms with Gasteiger partial charge in [0.15, 0.2) is 16.7 Å². The first-order chi connectivity index (χ1) is 25.6. The van der Waals surface area contributed by atoms with Gasteiger partial charge in [-0.2, -0.15) is 10.2 Å². The Morgan fingerprint density at radius 1 is 1.11 bits per heavy atom. The highest BCUT2D eigenvalue weighted by molar-refractivity contribution is 6.32. The lowest BCUT2D eigenvalue weighted by molar-refractivity contribution is -0.727. The molecule has 3 aromatic rings. The molecule has 1 aliphatic heterocycles. The van der Waals surface area contributed by atoms with Gasteiger partial charge in [-0.15, -0.1) is 5.01 Å². The van der Waals surface area contributed by atoms with Crippen LogP contribution in [0.1, 0.15) is 93.7 Å². The van der Waals surface area contributed by atoms with Crippen molar-refractivity contribution in [2.75, 3.05) is 13.2 Å². The maximum Gasteiger partial charge on any atom is 0.511 e. The first-order valence-electron chi connectivity index (χ1n) is 17.6. The number of hydrogen-bond donors (Lipinski definition) is 2. The topological polar surface area (TPSA) is 193 Å². The Kier molecular flexibility index (Phi) is 15.3. The van der Waals surface area contributed by atoms with Crippen molar-refractivity contribution in [2.45, 2.75) is 97.6 Å². The highest BCUT2D eigenvalue weighted by Crippen LogP contribution is 2.27.